The maximum absolute atomic E-state index is 12.6. The number of carboxylic acid groups (broad SMARTS) is 1. The van der Waals surface area contributed by atoms with E-state index in [2.05, 4.69) is 9.40 Å². The topological polar surface area (TPSA) is 76.5 Å². The molecule has 0 unspecified atom stereocenters. The number of aromatic nitrogens is 1. The number of carboxylic acids is 1. The highest BCUT2D eigenvalue weighted by Gasteiger charge is 2.41. The summed E-state index contributed by atoms with van der Waals surface area (Å²) in [5.41, 5.74) is -1.58. The van der Waals surface area contributed by atoms with Gasteiger partial charge in [0.2, 0.25) is 5.76 Å². The van der Waals surface area contributed by atoms with Crippen molar-refractivity contribution in [2.24, 2.45) is 0 Å². The molecule has 2 heterocycles. The van der Waals surface area contributed by atoms with E-state index < -0.39 is 29.5 Å². The van der Waals surface area contributed by atoms with Gasteiger partial charge in [-0.05, 0) is 12.1 Å². The Hall–Kier alpha value is -2.25. The molecule has 0 saturated carbocycles. The standard InChI is InChI=1S/C11H8F3NO4/c1-2-5-3-4-6(18-5)9-15-8(11(12,13)14)7(19-9)10(16)17/h3-4H,2H2,1H3,(H,16,17). The summed E-state index contributed by atoms with van der Waals surface area (Å²) in [6, 6.07) is 2.92. The number of nitrogens with zero attached hydrogens (tertiary/aromatic N) is 1. The Kier molecular flexibility index (Phi) is 3.09. The number of hydrogen-bond acceptors (Lipinski definition) is 4. The molecule has 0 radical (unpaired) electrons. The smallest absolute Gasteiger partial charge is 0.437 e. The zero-order valence-corrected chi connectivity index (χ0v) is 9.61. The van der Waals surface area contributed by atoms with Gasteiger partial charge < -0.3 is 13.9 Å². The van der Waals surface area contributed by atoms with Gasteiger partial charge in [0, 0.05) is 6.42 Å². The SMILES string of the molecule is CCc1ccc(-c2nc(C(F)(F)F)c(C(=O)O)o2)o1. The van der Waals surface area contributed by atoms with E-state index in [1.165, 1.54) is 6.07 Å². The summed E-state index contributed by atoms with van der Waals surface area (Å²) < 4.78 is 47.6. The van der Waals surface area contributed by atoms with Crippen LogP contribution in [0.15, 0.2) is 21.0 Å². The molecular weight excluding hydrogens is 267 g/mol. The molecule has 0 aromatic carbocycles. The Bertz CT molecular complexity index is 612. The quantitative estimate of drug-likeness (QED) is 0.930. The molecule has 8 heteroatoms. The maximum atomic E-state index is 12.6. The second-order valence-corrected chi connectivity index (χ2v) is 3.62. The first-order valence-corrected chi connectivity index (χ1v) is 5.23. The van der Waals surface area contributed by atoms with Gasteiger partial charge >= 0.3 is 12.1 Å². The van der Waals surface area contributed by atoms with Crippen LogP contribution in [0.4, 0.5) is 13.2 Å². The van der Waals surface area contributed by atoms with Crippen molar-refractivity contribution in [1.82, 2.24) is 4.98 Å². The van der Waals surface area contributed by atoms with Crippen molar-refractivity contribution < 1.29 is 31.9 Å². The molecule has 2 rings (SSSR count). The average molecular weight is 275 g/mol. The summed E-state index contributed by atoms with van der Waals surface area (Å²) in [6.45, 7) is 1.79. The molecule has 0 aliphatic heterocycles. The van der Waals surface area contributed by atoms with E-state index in [-0.39, 0.29) is 5.76 Å². The summed E-state index contributed by atoms with van der Waals surface area (Å²) >= 11 is 0. The van der Waals surface area contributed by atoms with Crippen molar-refractivity contribution in [3.05, 3.63) is 29.3 Å². The van der Waals surface area contributed by atoms with Crippen LogP contribution in [-0.4, -0.2) is 16.1 Å². The fraction of sp³-hybridized carbons (Fsp3) is 0.273. The van der Waals surface area contributed by atoms with E-state index in [4.69, 9.17) is 9.52 Å². The van der Waals surface area contributed by atoms with Gasteiger partial charge in [0.25, 0.3) is 5.89 Å². The number of oxazole rings is 1. The van der Waals surface area contributed by atoms with Gasteiger partial charge in [0.1, 0.15) is 5.76 Å². The van der Waals surface area contributed by atoms with Crippen LogP contribution < -0.4 is 0 Å². The summed E-state index contributed by atoms with van der Waals surface area (Å²) in [7, 11) is 0. The molecule has 2 aromatic heterocycles. The van der Waals surface area contributed by atoms with Gasteiger partial charge in [-0.15, -0.1) is 0 Å². The normalized spacial score (nSPS) is 11.8. The van der Waals surface area contributed by atoms with Gasteiger partial charge in [-0.2, -0.15) is 13.2 Å². The molecule has 5 nitrogen and oxygen atoms in total. The third kappa shape index (κ3) is 2.47. The van der Waals surface area contributed by atoms with Crippen LogP contribution in [0.3, 0.4) is 0 Å². The number of aromatic carboxylic acids is 1. The minimum atomic E-state index is -4.91. The zero-order valence-electron chi connectivity index (χ0n) is 9.61. The predicted octanol–water partition coefficient (Wildman–Crippen LogP) is 3.21. The number of halogens is 3. The fourth-order valence-corrected chi connectivity index (χ4v) is 1.45. The van der Waals surface area contributed by atoms with Crippen LogP contribution in [0.5, 0.6) is 0 Å². The molecule has 0 fully saturated rings. The number of hydrogen-bond donors (Lipinski definition) is 1. The van der Waals surface area contributed by atoms with Crippen LogP contribution in [0.2, 0.25) is 0 Å². The van der Waals surface area contributed by atoms with E-state index in [1.807, 2.05) is 0 Å². The van der Waals surface area contributed by atoms with Gasteiger partial charge in [-0.3, -0.25) is 0 Å². The van der Waals surface area contributed by atoms with Crippen molar-refractivity contribution in [3.63, 3.8) is 0 Å². The molecule has 19 heavy (non-hydrogen) atoms. The summed E-state index contributed by atoms with van der Waals surface area (Å²) in [6.07, 6.45) is -4.37. The molecule has 0 aliphatic carbocycles. The monoisotopic (exact) mass is 275 g/mol. The Morgan fingerprint density at radius 3 is 2.47 bits per heavy atom. The van der Waals surface area contributed by atoms with E-state index in [9.17, 15) is 18.0 Å². The van der Waals surface area contributed by atoms with Crippen molar-refractivity contribution in [2.45, 2.75) is 19.5 Å². The third-order valence-electron chi connectivity index (χ3n) is 2.31. The van der Waals surface area contributed by atoms with E-state index >= 15 is 0 Å². The highest BCUT2D eigenvalue weighted by molar-refractivity contribution is 5.86. The highest BCUT2D eigenvalue weighted by atomic mass is 19.4. The van der Waals surface area contributed by atoms with Gasteiger partial charge in [0.05, 0.1) is 0 Å². The molecule has 0 amide bonds. The van der Waals surface area contributed by atoms with Crippen LogP contribution in [0.25, 0.3) is 11.7 Å². The van der Waals surface area contributed by atoms with Crippen molar-refractivity contribution in [1.29, 1.82) is 0 Å². The molecule has 1 N–H and O–H groups in total. The maximum Gasteiger partial charge on any atom is 0.437 e. The molecule has 0 atom stereocenters. The van der Waals surface area contributed by atoms with E-state index in [0.717, 1.165) is 0 Å². The molecule has 102 valence electrons. The first-order valence-electron chi connectivity index (χ1n) is 5.23. The molecule has 0 spiro atoms. The summed E-state index contributed by atoms with van der Waals surface area (Å²) in [4.78, 5) is 13.9. The lowest BCUT2D eigenvalue weighted by molar-refractivity contribution is -0.141. The van der Waals surface area contributed by atoms with Crippen molar-refractivity contribution >= 4 is 5.97 Å². The number of rotatable bonds is 3. The number of alkyl halides is 3. The molecule has 0 saturated heterocycles. The van der Waals surface area contributed by atoms with Crippen LogP contribution in [0.1, 0.15) is 28.9 Å². The van der Waals surface area contributed by atoms with Crippen LogP contribution in [-0.2, 0) is 12.6 Å². The average Bonchev–Trinajstić information content (AvgIpc) is 2.94. The van der Waals surface area contributed by atoms with E-state index in [0.29, 0.717) is 12.2 Å². The lowest BCUT2D eigenvalue weighted by Crippen LogP contribution is -2.11. The first-order chi connectivity index (χ1) is 8.82. The second-order valence-electron chi connectivity index (χ2n) is 3.62. The highest BCUT2D eigenvalue weighted by Crippen LogP contribution is 2.34. The molecule has 2 aromatic rings. The van der Waals surface area contributed by atoms with Crippen molar-refractivity contribution in [2.75, 3.05) is 0 Å². The molecule has 0 bridgehead atoms. The second kappa shape index (κ2) is 4.45. The fourth-order valence-electron chi connectivity index (χ4n) is 1.45. The number of carbonyl (C=O) groups is 1. The predicted molar refractivity (Wildman–Crippen MR) is 55.5 cm³/mol. The van der Waals surface area contributed by atoms with Crippen LogP contribution in [0, 0.1) is 0 Å². The third-order valence-corrected chi connectivity index (χ3v) is 2.31. The Morgan fingerprint density at radius 1 is 1.37 bits per heavy atom. The Balaban J connectivity index is 2.51. The lowest BCUT2D eigenvalue weighted by Gasteiger charge is -2.00. The van der Waals surface area contributed by atoms with Crippen molar-refractivity contribution in [3.8, 4) is 11.7 Å². The Morgan fingerprint density at radius 2 is 2.05 bits per heavy atom. The van der Waals surface area contributed by atoms with Gasteiger partial charge in [0.15, 0.2) is 11.5 Å². The lowest BCUT2D eigenvalue weighted by atomic mass is 10.3. The van der Waals surface area contributed by atoms with Gasteiger partial charge in [-0.1, -0.05) is 6.92 Å². The summed E-state index contributed by atoms with van der Waals surface area (Å²) in [5, 5.41) is 8.68. The number of furan rings is 1. The largest absolute Gasteiger partial charge is 0.475 e. The molecular formula is C11H8F3NO4. The first kappa shape index (κ1) is 13.2. The summed E-state index contributed by atoms with van der Waals surface area (Å²) in [5.74, 6) is -3.12. The zero-order chi connectivity index (χ0) is 14.2. The van der Waals surface area contributed by atoms with Crippen LogP contribution >= 0.6 is 0 Å². The number of aryl methyl sites for hydroxylation is 1. The molecule has 0 aliphatic rings. The van der Waals surface area contributed by atoms with E-state index in [1.54, 1.807) is 13.0 Å². The Labute approximate surface area is 104 Å². The van der Waals surface area contributed by atoms with Gasteiger partial charge in [-0.25, -0.2) is 9.78 Å². The minimum absolute atomic E-state index is 0.0464. The minimum Gasteiger partial charge on any atom is -0.475 e.